The van der Waals surface area contributed by atoms with E-state index in [-0.39, 0.29) is 12.3 Å². The summed E-state index contributed by atoms with van der Waals surface area (Å²) in [5.74, 6) is -0.957. The predicted octanol–water partition coefficient (Wildman–Crippen LogP) is 3.09. The minimum Gasteiger partial charge on any atom is -0.459 e. The number of carbonyl (C=O) groups excluding carboxylic acids is 2. The zero-order valence-corrected chi connectivity index (χ0v) is 15.2. The van der Waals surface area contributed by atoms with Crippen molar-refractivity contribution < 1.29 is 14.3 Å². The quantitative estimate of drug-likeness (QED) is 0.664. The van der Waals surface area contributed by atoms with Crippen LogP contribution in [0.15, 0.2) is 12.3 Å². The van der Waals surface area contributed by atoms with Gasteiger partial charge in [-0.05, 0) is 47.1 Å². The molecule has 1 N–H and O–H groups in total. The number of ether oxygens (including phenoxy) is 1. The summed E-state index contributed by atoms with van der Waals surface area (Å²) in [7, 11) is 0. The van der Waals surface area contributed by atoms with Crippen molar-refractivity contribution >= 4 is 23.5 Å². The van der Waals surface area contributed by atoms with Gasteiger partial charge in [0, 0.05) is 11.8 Å². The van der Waals surface area contributed by atoms with Crippen LogP contribution in [-0.2, 0) is 25.3 Å². The Morgan fingerprint density at radius 1 is 1.39 bits per heavy atom. The summed E-state index contributed by atoms with van der Waals surface area (Å²) < 4.78 is 5.54. The molecule has 1 aliphatic rings. The van der Waals surface area contributed by atoms with E-state index >= 15 is 0 Å². The fourth-order valence-electron chi connectivity index (χ4n) is 2.90. The van der Waals surface area contributed by atoms with Crippen LogP contribution in [0.1, 0.15) is 59.2 Å². The summed E-state index contributed by atoms with van der Waals surface area (Å²) in [6.45, 7) is 10.8. The highest BCUT2D eigenvalue weighted by atomic mass is 35.5. The Morgan fingerprint density at radius 3 is 2.52 bits per heavy atom. The van der Waals surface area contributed by atoms with Crippen molar-refractivity contribution in [1.82, 2.24) is 10.3 Å². The van der Waals surface area contributed by atoms with E-state index in [0.29, 0.717) is 16.3 Å². The third kappa shape index (κ3) is 2.94. The first-order valence-corrected chi connectivity index (χ1v) is 8.04. The molecule has 0 aromatic carbocycles. The molecule has 0 spiro atoms. The average molecular weight is 339 g/mol. The number of aromatic nitrogens is 1. The highest BCUT2D eigenvalue weighted by Gasteiger charge is 2.56. The van der Waals surface area contributed by atoms with Crippen molar-refractivity contribution in [2.24, 2.45) is 0 Å². The first-order valence-electron chi connectivity index (χ1n) is 7.66. The molecule has 6 heteroatoms. The molecule has 2 rings (SSSR count). The van der Waals surface area contributed by atoms with E-state index in [9.17, 15) is 9.59 Å². The highest BCUT2D eigenvalue weighted by molar-refractivity contribution is 6.30. The lowest BCUT2D eigenvalue weighted by molar-refractivity contribution is -0.166. The third-order valence-electron chi connectivity index (χ3n) is 4.00. The van der Waals surface area contributed by atoms with Crippen LogP contribution in [0.5, 0.6) is 0 Å². The van der Waals surface area contributed by atoms with E-state index in [1.165, 1.54) is 6.20 Å². The molecule has 1 aromatic rings. The Hall–Kier alpha value is -1.62. The fourth-order valence-corrected chi connectivity index (χ4v) is 3.06. The number of esters is 1. The van der Waals surface area contributed by atoms with Gasteiger partial charge in [-0.1, -0.05) is 18.5 Å². The number of halogens is 1. The van der Waals surface area contributed by atoms with Crippen LogP contribution in [-0.4, -0.2) is 22.5 Å². The maximum absolute atomic E-state index is 12.9. The van der Waals surface area contributed by atoms with Gasteiger partial charge in [0.1, 0.15) is 5.60 Å². The van der Waals surface area contributed by atoms with Gasteiger partial charge in [0.05, 0.1) is 16.3 Å². The molecule has 1 aromatic heterocycles. The maximum Gasteiger partial charge on any atom is 0.326 e. The normalized spacial score (nSPS) is 23.0. The average Bonchev–Trinajstić information content (AvgIpc) is 2.36. The van der Waals surface area contributed by atoms with Crippen molar-refractivity contribution in [3.63, 3.8) is 0 Å². The molecule has 1 aliphatic heterocycles. The Kier molecular flexibility index (Phi) is 4.22. The van der Waals surface area contributed by atoms with Gasteiger partial charge in [0.2, 0.25) is 5.91 Å². The van der Waals surface area contributed by atoms with Gasteiger partial charge in [-0.25, -0.2) is 0 Å². The number of hydrogen-bond donors (Lipinski definition) is 1. The Balaban J connectivity index is 2.70. The number of fused-ring (bicyclic) bond motifs is 1. The molecule has 0 aliphatic carbocycles. The van der Waals surface area contributed by atoms with E-state index in [1.807, 2.05) is 13.8 Å². The first kappa shape index (κ1) is 17.7. The molecule has 5 nitrogen and oxygen atoms in total. The summed E-state index contributed by atoms with van der Waals surface area (Å²) in [6.07, 6.45) is 1.79. The lowest BCUT2D eigenvalue weighted by Crippen LogP contribution is -2.61. The van der Waals surface area contributed by atoms with Gasteiger partial charge in [-0.3, -0.25) is 14.6 Å². The predicted molar refractivity (Wildman–Crippen MR) is 88.2 cm³/mol. The van der Waals surface area contributed by atoms with Crippen LogP contribution in [0.25, 0.3) is 0 Å². The lowest BCUT2D eigenvalue weighted by Gasteiger charge is -2.43. The summed E-state index contributed by atoms with van der Waals surface area (Å²) >= 11 is 6.09. The van der Waals surface area contributed by atoms with Crippen molar-refractivity contribution in [1.29, 1.82) is 0 Å². The molecule has 0 fully saturated rings. The number of rotatable bonds is 2. The second-order valence-corrected chi connectivity index (χ2v) is 7.83. The number of amides is 1. The second-order valence-electron chi connectivity index (χ2n) is 7.39. The molecular weight excluding hydrogens is 316 g/mol. The van der Waals surface area contributed by atoms with Crippen LogP contribution < -0.4 is 5.32 Å². The summed E-state index contributed by atoms with van der Waals surface area (Å²) in [5, 5.41) is 3.28. The molecule has 0 saturated heterocycles. The maximum atomic E-state index is 12.9. The Morgan fingerprint density at radius 2 is 2.00 bits per heavy atom. The number of pyridine rings is 1. The van der Waals surface area contributed by atoms with E-state index < -0.39 is 22.5 Å². The van der Waals surface area contributed by atoms with Crippen molar-refractivity contribution in [2.75, 3.05) is 0 Å². The van der Waals surface area contributed by atoms with Crippen LogP contribution in [0.4, 0.5) is 0 Å². The summed E-state index contributed by atoms with van der Waals surface area (Å²) in [4.78, 5) is 30.2. The smallest absolute Gasteiger partial charge is 0.326 e. The van der Waals surface area contributed by atoms with Crippen molar-refractivity contribution in [3.05, 3.63) is 28.5 Å². The third-order valence-corrected chi connectivity index (χ3v) is 4.20. The minimum atomic E-state index is -1.43. The molecule has 0 bridgehead atoms. The monoisotopic (exact) mass is 338 g/mol. The molecule has 1 atom stereocenters. The zero-order valence-electron chi connectivity index (χ0n) is 14.4. The van der Waals surface area contributed by atoms with Gasteiger partial charge < -0.3 is 10.1 Å². The number of carbonyl (C=O) groups is 2. The standard InChI is InChI=1S/C17H23ClN2O3/c1-7-17(14(22)23-15(2,3)4)11-8-10(18)9-19-12(11)16(5,6)20-13(17)21/h8-9H,7H2,1-6H3,(H,20,21). The van der Waals surface area contributed by atoms with Gasteiger partial charge in [-0.2, -0.15) is 0 Å². The molecule has 126 valence electrons. The largest absolute Gasteiger partial charge is 0.459 e. The minimum absolute atomic E-state index is 0.263. The number of hydrogen-bond acceptors (Lipinski definition) is 4. The highest BCUT2D eigenvalue weighted by Crippen LogP contribution is 2.42. The molecule has 23 heavy (non-hydrogen) atoms. The fraction of sp³-hybridized carbons (Fsp3) is 0.588. The van der Waals surface area contributed by atoms with E-state index in [1.54, 1.807) is 33.8 Å². The second kappa shape index (κ2) is 5.48. The van der Waals surface area contributed by atoms with Crippen molar-refractivity contribution in [3.8, 4) is 0 Å². The molecule has 0 saturated carbocycles. The van der Waals surface area contributed by atoms with Gasteiger partial charge >= 0.3 is 5.97 Å². The zero-order chi connectivity index (χ0) is 17.6. The molecule has 1 amide bonds. The van der Waals surface area contributed by atoms with Crippen LogP contribution >= 0.6 is 11.6 Å². The molecule has 0 radical (unpaired) electrons. The number of nitrogens with zero attached hydrogens (tertiary/aromatic N) is 1. The van der Waals surface area contributed by atoms with Crippen molar-refractivity contribution in [2.45, 2.75) is 64.5 Å². The van der Waals surface area contributed by atoms with E-state index in [4.69, 9.17) is 16.3 Å². The molecule has 2 heterocycles. The SMILES string of the molecule is CCC1(C(=O)OC(C)(C)C)C(=O)NC(C)(C)c2ncc(Cl)cc21. The van der Waals surface area contributed by atoms with Crippen LogP contribution in [0.2, 0.25) is 5.02 Å². The van der Waals surface area contributed by atoms with E-state index in [2.05, 4.69) is 10.3 Å². The van der Waals surface area contributed by atoms with E-state index in [0.717, 1.165) is 0 Å². The lowest BCUT2D eigenvalue weighted by atomic mass is 9.70. The van der Waals surface area contributed by atoms with Gasteiger partial charge in [0.25, 0.3) is 0 Å². The Bertz CT molecular complexity index is 664. The summed E-state index contributed by atoms with van der Waals surface area (Å²) in [6, 6.07) is 1.65. The summed E-state index contributed by atoms with van der Waals surface area (Å²) in [5.41, 5.74) is -1.66. The van der Waals surface area contributed by atoms with Crippen LogP contribution in [0.3, 0.4) is 0 Å². The Labute approximate surface area is 141 Å². The topological polar surface area (TPSA) is 68.3 Å². The van der Waals surface area contributed by atoms with Crippen LogP contribution in [0, 0.1) is 0 Å². The van der Waals surface area contributed by atoms with Gasteiger partial charge in [-0.15, -0.1) is 0 Å². The first-order chi connectivity index (χ1) is 10.4. The molecular formula is C17H23ClN2O3. The molecule has 1 unspecified atom stereocenters. The number of nitrogens with one attached hydrogen (secondary N) is 1. The van der Waals surface area contributed by atoms with Gasteiger partial charge in [0.15, 0.2) is 5.41 Å².